The Labute approximate surface area is 114 Å². The van der Waals surface area contributed by atoms with Crippen molar-refractivity contribution in [3.63, 3.8) is 0 Å². The summed E-state index contributed by atoms with van der Waals surface area (Å²) in [4.78, 5) is 10.8. The molecular formula is C17H18O2. The van der Waals surface area contributed by atoms with E-state index in [4.69, 9.17) is 5.11 Å². The first-order chi connectivity index (χ1) is 9.24. The van der Waals surface area contributed by atoms with Gasteiger partial charge in [-0.1, -0.05) is 44.1 Å². The summed E-state index contributed by atoms with van der Waals surface area (Å²) < 4.78 is 0. The van der Waals surface area contributed by atoms with Crippen LogP contribution in [0.25, 0.3) is 0 Å². The van der Waals surface area contributed by atoms with E-state index >= 15 is 0 Å². The van der Waals surface area contributed by atoms with Crippen LogP contribution in [0, 0.1) is 23.7 Å². The smallest absolute Gasteiger partial charge is 0.335 e. The number of aromatic carboxylic acids is 1. The molecule has 0 fully saturated rings. The lowest BCUT2D eigenvalue weighted by molar-refractivity contribution is 0.0697. The highest BCUT2D eigenvalue weighted by Crippen LogP contribution is 2.03. The van der Waals surface area contributed by atoms with Crippen LogP contribution in [-0.4, -0.2) is 11.1 Å². The Kier molecular flexibility index (Phi) is 6.92. The van der Waals surface area contributed by atoms with Gasteiger partial charge in [0.05, 0.1) is 5.56 Å². The Hall–Kier alpha value is -2.19. The van der Waals surface area contributed by atoms with Crippen LogP contribution in [-0.2, 0) is 0 Å². The van der Waals surface area contributed by atoms with Crippen molar-refractivity contribution in [3.8, 4) is 23.7 Å². The van der Waals surface area contributed by atoms with Gasteiger partial charge in [-0.2, -0.15) is 0 Å². The van der Waals surface area contributed by atoms with Crippen LogP contribution in [0.2, 0.25) is 0 Å². The zero-order chi connectivity index (χ0) is 13.9. The highest BCUT2D eigenvalue weighted by atomic mass is 16.4. The molecule has 0 aliphatic rings. The number of rotatable bonds is 5. The van der Waals surface area contributed by atoms with Gasteiger partial charge in [-0.3, -0.25) is 0 Å². The third-order valence-electron chi connectivity index (χ3n) is 2.62. The molecule has 0 radical (unpaired) electrons. The summed E-state index contributed by atoms with van der Waals surface area (Å²) in [5.74, 6) is 10.5. The lowest BCUT2D eigenvalue weighted by Gasteiger charge is -1.93. The van der Waals surface area contributed by atoms with Gasteiger partial charge in [0.25, 0.3) is 0 Å². The first kappa shape index (κ1) is 14.9. The first-order valence-electron chi connectivity index (χ1n) is 6.56. The van der Waals surface area contributed by atoms with Gasteiger partial charge in [-0.15, -0.1) is 0 Å². The molecule has 0 saturated carbocycles. The van der Waals surface area contributed by atoms with E-state index in [1.165, 1.54) is 19.3 Å². The fraction of sp³-hybridized carbons (Fsp3) is 0.353. The van der Waals surface area contributed by atoms with Crippen LogP contribution in [0.5, 0.6) is 0 Å². The minimum Gasteiger partial charge on any atom is -0.478 e. The molecule has 0 aromatic heterocycles. The number of hydrogen-bond donors (Lipinski definition) is 1. The van der Waals surface area contributed by atoms with E-state index in [0.29, 0.717) is 5.56 Å². The fourth-order valence-corrected chi connectivity index (χ4v) is 1.58. The number of unbranched alkanes of at least 4 members (excludes halogenated alkanes) is 4. The van der Waals surface area contributed by atoms with Crippen molar-refractivity contribution in [2.75, 3.05) is 0 Å². The second kappa shape index (κ2) is 8.84. The molecule has 2 heteroatoms. The van der Waals surface area contributed by atoms with E-state index in [9.17, 15) is 4.79 Å². The van der Waals surface area contributed by atoms with Gasteiger partial charge in [0, 0.05) is 12.0 Å². The normalized spacial score (nSPS) is 8.89. The number of carbonyl (C=O) groups is 1. The molecule has 0 unspecified atom stereocenters. The summed E-state index contributed by atoms with van der Waals surface area (Å²) in [6.07, 6.45) is 5.71. The Morgan fingerprint density at radius 1 is 1.21 bits per heavy atom. The average molecular weight is 254 g/mol. The van der Waals surface area contributed by atoms with E-state index < -0.39 is 5.97 Å². The van der Waals surface area contributed by atoms with Crippen LogP contribution in [0.15, 0.2) is 24.3 Å². The Bertz CT molecular complexity index is 536. The lowest BCUT2D eigenvalue weighted by Crippen LogP contribution is -1.95. The molecule has 0 aliphatic carbocycles. The molecular weight excluding hydrogens is 236 g/mol. The van der Waals surface area contributed by atoms with Gasteiger partial charge in [0.15, 0.2) is 0 Å². The van der Waals surface area contributed by atoms with Gasteiger partial charge < -0.3 is 5.11 Å². The maximum Gasteiger partial charge on any atom is 0.335 e. The number of carboxylic acid groups (broad SMARTS) is 1. The minimum absolute atomic E-state index is 0.249. The second-order valence-electron chi connectivity index (χ2n) is 4.25. The standard InChI is InChI=1S/C17H18O2/c1-2-3-4-5-6-7-8-9-11-15-12-10-13-16(14-15)17(18)19/h10,12-14H,2-6H2,1H3,(H,18,19). The summed E-state index contributed by atoms with van der Waals surface area (Å²) in [7, 11) is 0. The molecule has 0 amide bonds. The van der Waals surface area contributed by atoms with Crippen molar-refractivity contribution in [3.05, 3.63) is 35.4 Å². The molecule has 2 nitrogen and oxygen atoms in total. The monoisotopic (exact) mass is 254 g/mol. The van der Waals surface area contributed by atoms with Gasteiger partial charge in [0.2, 0.25) is 0 Å². The lowest BCUT2D eigenvalue weighted by atomic mass is 10.1. The number of benzene rings is 1. The molecule has 98 valence electrons. The molecule has 0 atom stereocenters. The Balaban J connectivity index is 2.48. The maximum atomic E-state index is 10.8. The van der Waals surface area contributed by atoms with Crippen molar-refractivity contribution < 1.29 is 9.90 Å². The summed E-state index contributed by atoms with van der Waals surface area (Å²) in [6, 6.07) is 6.57. The second-order valence-corrected chi connectivity index (χ2v) is 4.25. The van der Waals surface area contributed by atoms with Crippen LogP contribution < -0.4 is 0 Å². The molecule has 19 heavy (non-hydrogen) atoms. The van der Waals surface area contributed by atoms with Gasteiger partial charge in [-0.25, -0.2) is 4.79 Å². The van der Waals surface area contributed by atoms with Crippen molar-refractivity contribution >= 4 is 5.97 Å². The highest BCUT2D eigenvalue weighted by molar-refractivity contribution is 5.88. The summed E-state index contributed by atoms with van der Waals surface area (Å²) in [6.45, 7) is 2.18. The Morgan fingerprint density at radius 2 is 2.05 bits per heavy atom. The summed E-state index contributed by atoms with van der Waals surface area (Å²) >= 11 is 0. The van der Waals surface area contributed by atoms with E-state index in [0.717, 1.165) is 12.8 Å². The van der Waals surface area contributed by atoms with Crippen molar-refractivity contribution in [1.29, 1.82) is 0 Å². The molecule has 1 rings (SSSR count). The van der Waals surface area contributed by atoms with Crippen LogP contribution in [0.3, 0.4) is 0 Å². The van der Waals surface area contributed by atoms with E-state index in [1.54, 1.807) is 24.3 Å². The van der Waals surface area contributed by atoms with Crippen LogP contribution in [0.4, 0.5) is 0 Å². The average Bonchev–Trinajstić information content (AvgIpc) is 2.42. The number of carboxylic acids is 1. The summed E-state index contributed by atoms with van der Waals surface area (Å²) in [5, 5.41) is 8.85. The molecule has 0 aliphatic heterocycles. The number of hydrogen-bond acceptors (Lipinski definition) is 1. The molecule has 1 N–H and O–H groups in total. The topological polar surface area (TPSA) is 37.3 Å². The van der Waals surface area contributed by atoms with E-state index in [2.05, 4.69) is 30.6 Å². The van der Waals surface area contributed by atoms with Gasteiger partial charge in [-0.05, 0) is 36.5 Å². The third-order valence-corrected chi connectivity index (χ3v) is 2.62. The molecule has 1 aromatic rings. The van der Waals surface area contributed by atoms with Crippen LogP contribution in [0.1, 0.15) is 54.9 Å². The molecule has 0 saturated heterocycles. The van der Waals surface area contributed by atoms with Gasteiger partial charge >= 0.3 is 5.97 Å². The Morgan fingerprint density at radius 3 is 2.79 bits per heavy atom. The molecule has 0 spiro atoms. The van der Waals surface area contributed by atoms with E-state index in [-0.39, 0.29) is 5.56 Å². The third kappa shape index (κ3) is 6.34. The summed E-state index contributed by atoms with van der Waals surface area (Å²) in [5.41, 5.74) is 0.930. The van der Waals surface area contributed by atoms with E-state index in [1.807, 2.05) is 0 Å². The SMILES string of the molecule is CCCCCCC#CC#Cc1cccc(C(=O)O)c1. The van der Waals surface area contributed by atoms with Crippen LogP contribution >= 0.6 is 0 Å². The molecule has 0 heterocycles. The fourth-order valence-electron chi connectivity index (χ4n) is 1.58. The zero-order valence-electron chi connectivity index (χ0n) is 11.2. The molecule has 1 aromatic carbocycles. The minimum atomic E-state index is -0.939. The molecule has 0 bridgehead atoms. The van der Waals surface area contributed by atoms with Gasteiger partial charge in [0.1, 0.15) is 0 Å². The predicted molar refractivity (Wildman–Crippen MR) is 76.8 cm³/mol. The predicted octanol–water partition coefficient (Wildman–Crippen LogP) is 3.71. The van der Waals surface area contributed by atoms with Crippen molar-refractivity contribution in [2.45, 2.75) is 39.0 Å². The largest absolute Gasteiger partial charge is 0.478 e. The van der Waals surface area contributed by atoms with Crippen molar-refractivity contribution in [1.82, 2.24) is 0 Å². The first-order valence-corrected chi connectivity index (χ1v) is 6.56. The van der Waals surface area contributed by atoms with Crippen molar-refractivity contribution in [2.24, 2.45) is 0 Å². The highest BCUT2D eigenvalue weighted by Gasteiger charge is 2.00. The zero-order valence-corrected chi connectivity index (χ0v) is 11.2. The quantitative estimate of drug-likeness (QED) is 0.642. The maximum absolute atomic E-state index is 10.8.